The van der Waals surface area contributed by atoms with Gasteiger partial charge in [0, 0.05) is 12.1 Å². The van der Waals surface area contributed by atoms with Crippen molar-refractivity contribution in [2.75, 3.05) is 11.1 Å². The van der Waals surface area contributed by atoms with Crippen molar-refractivity contribution in [3.8, 4) is 11.3 Å². The molecule has 0 saturated carbocycles. The van der Waals surface area contributed by atoms with Crippen LogP contribution in [0, 0.1) is 10.1 Å². The SMILES string of the molecule is O=C(CSc1ncc(-c2ccccc2)[nH]1)Nc1ccc([N+](=O)[O-])cc1Cl. The fraction of sp³-hybridized carbons (Fsp3) is 0.0588. The largest absolute Gasteiger partial charge is 0.333 e. The molecule has 0 saturated heterocycles. The first-order valence-electron chi connectivity index (χ1n) is 7.50. The van der Waals surface area contributed by atoms with Gasteiger partial charge in [-0.2, -0.15) is 0 Å². The lowest BCUT2D eigenvalue weighted by Crippen LogP contribution is -2.14. The predicted molar refractivity (Wildman–Crippen MR) is 101 cm³/mol. The molecule has 3 aromatic rings. The van der Waals surface area contributed by atoms with Gasteiger partial charge < -0.3 is 10.3 Å². The van der Waals surface area contributed by atoms with Crippen molar-refractivity contribution < 1.29 is 9.72 Å². The molecule has 0 atom stereocenters. The Morgan fingerprint density at radius 3 is 2.73 bits per heavy atom. The summed E-state index contributed by atoms with van der Waals surface area (Å²) in [5.74, 6) is -0.168. The van der Waals surface area contributed by atoms with Crippen LogP contribution >= 0.6 is 23.4 Å². The molecule has 0 spiro atoms. The molecular weight excluding hydrogens is 376 g/mol. The minimum Gasteiger partial charge on any atom is -0.333 e. The van der Waals surface area contributed by atoms with E-state index in [0.29, 0.717) is 10.8 Å². The van der Waals surface area contributed by atoms with Crippen molar-refractivity contribution >= 4 is 40.6 Å². The van der Waals surface area contributed by atoms with E-state index in [2.05, 4.69) is 15.3 Å². The molecule has 0 unspecified atom stereocenters. The summed E-state index contributed by atoms with van der Waals surface area (Å²) in [5.41, 5.74) is 2.07. The number of aromatic nitrogens is 2. The van der Waals surface area contributed by atoms with Crippen molar-refractivity contribution in [1.82, 2.24) is 9.97 Å². The molecule has 1 heterocycles. The fourth-order valence-corrected chi connectivity index (χ4v) is 3.05. The summed E-state index contributed by atoms with van der Waals surface area (Å²) in [6.07, 6.45) is 1.71. The van der Waals surface area contributed by atoms with Gasteiger partial charge in [-0.05, 0) is 11.6 Å². The maximum atomic E-state index is 12.1. The number of thioether (sulfide) groups is 1. The number of anilines is 1. The number of aromatic amines is 1. The summed E-state index contributed by atoms with van der Waals surface area (Å²) in [6, 6.07) is 13.6. The number of imidazole rings is 1. The van der Waals surface area contributed by atoms with Gasteiger partial charge in [-0.25, -0.2) is 4.98 Å². The second-order valence-electron chi connectivity index (χ2n) is 5.23. The van der Waals surface area contributed by atoms with Crippen LogP contribution in [0.4, 0.5) is 11.4 Å². The number of rotatable bonds is 6. The van der Waals surface area contributed by atoms with Crippen LogP contribution in [-0.2, 0) is 4.79 Å². The van der Waals surface area contributed by atoms with E-state index in [0.717, 1.165) is 11.3 Å². The highest BCUT2D eigenvalue weighted by atomic mass is 35.5. The van der Waals surface area contributed by atoms with Gasteiger partial charge in [0.15, 0.2) is 5.16 Å². The van der Waals surface area contributed by atoms with Gasteiger partial charge in [0.1, 0.15) is 0 Å². The smallest absolute Gasteiger partial charge is 0.271 e. The van der Waals surface area contributed by atoms with E-state index < -0.39 is 4.92 Å². The molecule has 7 nitrogen and oxygen atoms in total. The molecule has 0 bridgehead atoms. The fourth-order valence-electron chi connectivity index (χ4n) is 2.18. The minimum absolute atomic E-state index is 0.113. The van der Waals surface area contributed by atoms with Gasteiger partial charge in [-0.3, -0.25) is 14.9 Å². The predicted octanol–water partition coefficient (Wildman–Crippen LogP) is 4.37. The summed E-state index contributed by atoms with van der Waals surface area (Å²) < 4.78 is 0. The topological polar surface area (TPSA) is 101 Å². The van der Waals surface area contributed by atoms with Crippen molar-refractivity contribution in [3.63, 3.8) is 0 Å². The van der Waals surface area contributed by atoms with E-state index in [-0.39, 0.29) is 22.4 Å². The monoisotopic (exact) mass is 388 g/mol. The van der Waals surface area contributed by atoms with Gasteiger partial charge in [-0.15, -0.1) is 0 Å². The number of benzene rings is 2. The quantitative estimate of drug-likeness (QED) is 0.371. The third kappa shape index (κ3) is 4.41. The molecule has 9 heteroatoms. The standard InChI is InChI=1S/C17H13ClN4O3S/c18-13-8-12(22(24)25)6-7-14(13)20-16(23)10-26-17-19-9-15(21-17)11-4-2-1-3-5-11/h1-9H,10H2,(H,19,21)(H,20,23). The summed E-state index contributed by atoms with van der Waals surface area (Å²) >= 11 is 7.21. The number of carbonyl (C=O) groups is 1. The normalized spacial score (nSPS) is 10.5. The van der Waals surface area contributed by atoms with Crippen LogP contribution in [0.5, 0.6) is 0 Å². The molecule has 0 radical (unpaired) electrons. The average Bonchev–Trinajstić information content (AvgIpc) is 3.11. The van der Waals surface area contributed by atoms with Gasteiger partial charge in [0.25, 0.3) is 5.69 Å². The molecule has 132 valence electrons. The van der Waals surface area contributed by atoms with Crippen LogP contribution in [-0.4, -0.2) is 26.6 Å². The molecule has 3 rings (SSSR count). The van der Waals surface area contributed by atoms with Crippen LogP contribution in [0.25, 0.3) is 11.3 Å². The van der Waals surface area contributed by atoms with Crippen molar-refractivity contribution in [1.29, 1.82) is 0 Å². The lowest BCUT2D eigenvalue weighted by molar-refractivity contribution is -0.384. The van der Waals surface area contributed by atoms with Gasteiger partial charge in [0.2, 0.25) is 5.91 Å². The van der Waals surface area contributed by atoms with Crippen LogP contribution < -0.4 is 5.32 Å². The van der Waals surface area contributed by atoms with E-state index in [1.54, 1.807) is 6.20 Å². The number of halogens is 1. The Kier molecular flexibility index (Phi) is 5.55. The van der Waals surface area contributed by atoms with Crippen LogP contribution in [0.2, 0.25) is 5.02 Å². The first kappa shape index (κ1) is 18.0. The van der Waals surface area contributed by atoms with Gasteiger partial charge in [0.05, 0.1) is 33.3 Å². The first-order valence-corrected chi connectivity index (χ1v) is 8.86. The average molecular weight is 389 g/mol. The molecule has 2 aromatic carbocycles. The van der Waals surface area contributed by atoms with Crippen molar-refractivity contribution in [3.05, 3.63) is 69.9 Å². The van der Waals surface area contributed by atoms with E-state index >= 15 is 0 Å². The number of nitro benzene ring substituents is 1. The lowest BCUT2D eigenvalue weighted by Gasteiger charge is -2.06. The first-order chi connectivity index (χ1) is 12.5. The third-order valence-electron chi connectivity index (χ3n) is 3.41. The summed E-state index contributed by atoms with van der Waals surface area (Å²) in [4.78, 5) is 29.6. The van der Waals surface area contributed by atoms with Crippen LogP contribution in [0.15, 0.2) is 59.9 Å². The molecule has 0 aliphatic heterocycles. The zero-order valence-corrected chi connectivity index (χ0v) is 14.9. The molecule has 0 fully saturated rings. The Labute approximate surface area is 157 Å². The Morgan fingerprint density at radius 1 is 1.27 bits per heavy atom. The third-order valence-corrected chi connectivity index (χ3v) is 4.61. The summed E-state index contributed by atoms with van der Waals surface area (Å²) in [7, 11) is 0. The van der Waals surface area contributed by atoms with Crippen LogP contribution in [0.1, 0.15) is 0 Å². The molecule has 1 amide bonds. The molecule has 26 heavy (non-hydrogen) atoms. The second kappa shape index (κ2) is 8.03. The lowest BCUT2D eigenvalue weighted by atomic mass is 10.2. The van der Waals surface area contributed by atoms with E-state index in [4.69, 9.17) is 11.6 Å². The van der Waals surface area contributed by atoms with Gasteiger partial charge >= 0.3 is 0 Å². The highest BCUT2D eigenvalue weighted by molar-refractivity contribution is 7.99. The van der Waals surface area contributed by atoms with E-state index in [1.165, 1.54) is 30.0 Å². The molecule has 1 aromatic heterocycles. The van der Waals surface area contributed by atoms with Gasteiger partial charge in [-0.1, -0.05) is 53.7 Å². The Balaban J connectivity index is 1.58. The zero-order chi connectivity index (χ0) is 18.5. The Hall–Kier alpha value is -2.84. The minimum atomic E-state index is -0.547. The summed E-state index contributed by atoms with van der Waals surface area (Å²) in [6.45, 7) is 0. The van der Waals surface area contributed by atoms with Crippen molar-refractivity contribution in [2.24, 2.45) is 0 Å². The highest BCUT2D eigenvalue weighted by Crippen LogP contribution is 2.27. The number of hydrogen-bond acceptors (Lipinski definition) is 5. The molecule has 0 aliphatic rings. The number of amides is 1. The summed E-state index contributed by atoms with van der Waals surface area (Å²) in [5, 5.41) is 14.1. The maximum absolute atomic E-state index is 12.1. The number of non-ortho nitro benzene ring substituents is 1. The number of H-pyrrole nitrogens is 1. The molecule has 0 aliphatic carbocycles. The zero-order valence-electron chi connectivity index (χ0n) is 13.3. The number of carbonyl (C=O) groups excluding carboxylic acids is 1. The Morgan fingerprint density at radius 2 is 2.04 bits per heavy atom. The number of nitrogens with zero attached hydrogens (tertiary/aromatic N) is 2. The molecular formula is C17H13ClN4O3S. The number of hydrogen-bond donors (Lipinski definition) is 2. The maximum Gasteiger partial charge on any atom is 0.271 e. The number of nitrogens with one attached hydrogen (secondary N) is 2. The van der Waals surface area contributed by atoms with E-state index in [1.807, 2.05) is 30.3 Å². The Bertz CT molecular complexity index is 946. The second-order valence-corrected chi connectivity index (χ2v) is 6.60. The molecule has 2 N–H and O–H groups in total. The van der Waals surface area contributed by atoms with Crippen LogP contribution in [0.3, 0.4) is 0 Å². The highest BCUT2D eigenvalue weighted by Gasteiger charge is 2.12. The van der Waals surface area contributed by atoms with E-state index in [9.17, 15) is 14.9 Å². The van der Waals surface area contributed by atoms with Crippen molar-refractivity contribution in [2.45, 2.75) is 5.16 Å². The number of nitro groups is 1.